The van der Waals surface area contributed by atoms with E-state index in [2.05, 4.69) is 0 Å². The molecule has 0 spiro atoms. The van der Waals surface area contributed by atoms with E-state index in [1.807, 2.05) is 51.1 Å². The van der Waals surface area contributed by atoms with E-state index < -0.39 is 17.1 Å². The highest BCUT2D eigenvalue weighted by Gasteiger charge is 2.36. The third-order valence-electron chi connectivity index (χ3n) is 2.55. The second-order valence-electron chi connectivity index (χ2n) is 5.52. The van der Waals surface area contributed by atoms with Crippen molar-refractivity contribution < 1.29 is 14.6 Å². The van der Waals surface area contributed by atoms with Crippen molar-refractivity contribution in [1.29, 1.82) is 0 Å². The van der Waals surface area contributed by atoms with Crippen LogP contribution in [-0.4, -0.2) is 28.8 Å². The molecule has 0 unspecified atom stereocenters. The van der Waals surface area contributed by atoms with Crippen molar-refractivity contribution in [3.05, 3.63) is 35.9 Å². The average molecular weight is 251 g/mol. The summed E-state index contributed by atoms with van der Waals surface area (Å²) >= 11 is 0. The van der Waals surface area contributed by atoms with E-state index in [1.54, 1.807) is 0 Å². The summed E-state index contributed by atoms with van der Waals surface area (Å²) in [6.07, 6.45) is 0.249. The Morgan fingerprint density at radius 1 is 1.28 bits per heavy atom. The summed E-state index contributed by atoms with van der Waals surface area (Å²) < 4.78 is 5.52. The van der Waals surface area contributed by atoms with Crippen LogP contribution in [0.1, 0.15) is 26.3 Å². The summed E-state index contributed by atoms with van der Waals surface area (Å²) in [6.45, 7) is 5.61. The lowest BCUT2D eigenvalue weighted by Crippen LogP contribution is -2.55. The molecule has 1 aromatic rings. The number of nitrogens with two attached hydrogens (primary N) is 1. The fourth-order valence-corrected chi connectivity index (χ4v) is 1.49. The Morgan fingerprint density at radius 3 is 2.28 bits per heavy atom. The molecule has 1 aromatic carbocycles. The number of rotatable bonds is 5. The Hall–Kier alpha value is -1.39. The third kappa shape index (κ3) is 4.47. The van der Waals surface area contributed by atoms with E-state index in [0.29, 0.717) is 0 Å². The van der Waals surface area contributed by atoms with Crippen LogP contribution < -0.4 is 5.73 Å². The van der Waals surface area contributed by atoms with Gasteiger partial charge in [-0.25, -0.2) is 0 Å². The zero-order chi connectivity index (χ0) is 13.8. The third-order valence-corrected chi connectivity index (χ3v) is 2.55. The summed E-state index contributed by atoms with van der Waals surface area (Å²) in [4.78, 5) is 11.3. The van der Waals surface area contributed by atoms with Crippen molar-refractivity contribution in [3.63, 3.8) is 0 Å². The lowest BCUT2D eigenvalue weighted by Gasteiger charge is -2.29. The molecule has 4 heteroatoms. The molecule has 0 radical (unpaired) electrons. The molecule has 0 heterocycles. The topological polar surface area (TPSA) is 72.5 Å². The fourth-order valence-electron chi connectivity index (χ4n) is 1.49. The quantitative estimate of drug-likeness (QED) is 0.837. The van der Waals surface area contributed by atoms with Crippen molar-refractivity contribution in [1.82, 2.24) is 0 Å². The van der Waals surface area contributed by atoms with Crippen molar-refractivity contribution in [2.45, 2.75) is 38.3 Å². The molecule has 0 aromatic heterocycles. The Balaban J connectivity index is 2.78. The standard InChI is InChI=1S/C14H21NO3/c1-13(2,3)18-10-14(15,12(16)17)9-11-7-5-4-6-8-11/h4-8H,9-10,15H2,1-3H3,(H,16,17)/t14-/m1/s1. The van der Waals surface area contributed by atoms with Gasteiger partial charge in [-0.3, -0.25) is 4.79 Å². The molecule has 18 heavy (non-hydrogen) atoms. The average Bonchev–Trinajstić information content (AvgIpc) is 2.27. The zero-order valence-electron chi connectivity index (χ0n) is 11.1. The minimum Gasteiger partial charge on any atom is -0.480 e. The summed E-state index contributed by atoms with van der Waals surface area (Å²) in [5.74, 6) is -1.05. The van der Waals surface area contributed by atoms with Crippen LogP contribution in [0.25, 0.3) is 0 Å². The highest BCUT2D eigenvalue weighted by Crippen LogP contribution is 2.16. The van der Waals surface area contributed by atoms with Gasteiger partial charge in [-0.2, -0.15) is 0 Å². The predicted octanol–water partition coefficient (Wildman–Crippen LogP) is 1.83. The Bertz CT molecular complexity index is 397. The lowest BCUT2D eigenvalue weighted by atomic mass is 9.92. The second kappa shape index (κ2) is 5.50. The number of hydrogen-bond donors (Lipinski definition) is 2. The molecule has 1 rings (SSSR count). The number of ether oxygens (including phenoxy) is 1. The highest BCUT2D eigenvalue weighted by molar-refractivity contribution is 5.79. The van der Waals surface area contributed by atoms with Gasteiger partial charge in [-0.15, -0.1) is 0 Å². The van der Waals surface area contributed by atoms with Gasteiger partial charge < -0.3 is 15.6 Å². The molecule has 0 saturated carbocycles. The first-order valence-corrected chi connectivity index (χ1v) is 5.93. The first-order chi connectivity index (χ1) is 8.23. The first-order valence-electron chi connectivity index (χ1n) is 5.93. The van der Waals surface area contributed by atoms with Gasteiger partial charge >= 0.3 is 5.97 Å². The highest BCUT2D eigenvalue weighted by atomic mass is 16.5. The Morgan fingerprint density at radius 2 is 1.83 bits per heavy atom. The van der Waals surface area contributed by atoms with Gasteiger partial charge in [0.25, 0.3) is 0 Å². The molecular formula is C14H21NO3. The predicted molar refractivity (Wildman–Crippen MR) is 70.4 cm³/mol. The van der Waals surface area contributed by atoms with E-state index in [1.165, 1.54) is 0 Å². The molecule has 0 aliphatic rings. The molecular weight excluding hydrogens is 230 g/mol. The zero-order valence-corrected chi connectivity index (χ0v) is 11.1. The number of carbonyl (C=O) groups is 1. The van der Waals surface area contributed by atoms with E-state index in [4.69, 9.17) is 10.5 Å². The van der Waals surface area contributed by atoms with Gasteiger partial charge in [0.05, 0.1) is 12.2 Å². The van der Waals surface area contributed by atoms with Crippen molar-refractivity contribution >= 4 is 5.97 Å². The normalized spacial score (nSPS) is 15.1. The molecule has 3 N–H and O–H groups in total. The lowest BCUT2D eigenvalue weighted by molar-refractivity contribution is -0.148. The number of aliphatic carboxylic acids is 1. The molecule has 0 bridgehead atoms. The van der Waals surface area contributed by atoms with E-state index in [-0.39, 0.29) is 13.0 Å². The number of carboxylic acid groups (broad SMARTS) is 1. The van der Waals surface area contributed by atoms with Crippen molar-refractivity contribution in [2.75, 3.05) is 6.61 Å². The largest absolute Gasteiger partial charge is 0.480 e. The van der Waals surface area contributed by atoms with Crippen LogP contribution in [0.15, 0.2) is 30.3 Å². The molecule has 0 aliphatic carbocycles. The smallest absolute Gasteiger partial charge is 0.326 e. The molecule has 0 aliphatic heterocycles. The number of carboxylic acids is 1. The van der Waals surface area contributed by atoms with Crippen LogP contribution in [0.5, 0.6) is 0 Å². The van der Waals surface area contributed by atoms with Gasteiger partial charge in [0.2, 0.25) is 0 Å². The fraction of sp³-hybridized carbons (Fsp3) is 0.500. The van der Waals surface area contributed by atoms with Crippen LogP contribution in [0, 0.1) is 0 Å². The summed E-state index contributed by atoms with van der Waals surface area (Å²) in [7, 11) is 0. The van der Waals surface area contributed by atoms with Crippen LogP contribution in [-0.2, 0) is 16.0 Å². The van der Waals surface area contributed by atoms with Gasteiger partial charge in [0, 0.05) is 6.42 Å². The minimum absolute atomic E-state index is 0.0132. The summed E-state index contributed by atoms with van der Waals surface area (Å²) in [5, 5.41) is 9.29. The van der Waals surface area contributed by atoms with E-state index >= 15 is 0 Å². The van der Waals surface area contributed by atoms with E-state index in [0.717, 1.165) is 5.56 Å². The Kier molecular flexibility index (Phi) is 4.48. The van der Waals surface area contributed by atoms with E-state index in [9.17, 15) is 9.90 Å². The van der Waals surface area contributed by atoms with Gasteiger partial charge in [-0.1, -0.05) is 30.3 Å². The van der Waals surface area contributed by atoms with Crippen molar-refractivity contribution in [2.24, 2.45) is 5.73 Å². The molecule has 100 valence electrons. The first kappa shape index (κ1) is 14.7. The van der Waals surface area contributed by atoms with Crippen LogP contribution in [0.3, 0.4) is 0 Å². The molecule has 0 amide bonds. The van der Waals surface area contributed by atoms with Crippen LogP contribution in [0.2, 0.25) is 0 Å². The SMILES string of the molecule is CC(C)(C)OC[C@](N)(Cc1ccccc1)C(=O)O. The molecule has 0 fully saturated rings. The molecule has 1 atom stereocenters. The molecule has 0 saturated heterocycles. The number of hydrogen-bond acceptors (Lipinski definition) is 3. The van der Waals surface area contributed by atoms with Gasteiger partial charge in [-0.05, 0) is 26.3 Å². The maximum absolute atomic E-state index is 11.3. The summed E-state index contributed by atoms with van der Waals surface area (Å²) in [6, 6.07) is 9.34. The minimum atomic E-state index is -1.39. The maximum atomic E-state index is 11.3. The van der Waals surface area contributed by atoms with Gasteiger partial charge in [0.15, 0.2) is 0 Å². The monoisotopic (exact) mass is 251 g/mol. The number of benzene rings is 1. The van der Waals surface area contributed by atoms with Crippen LogP contribution >= 0.6 is 0 Å². The summed E-state index contributed by atoms with van der Waals surface area (Å²) in [5.41, 5.74) is 5.04. The van der Waals surface area contributed by atoms with Gasteiger partial charge in [0.1, 0.15) is 5.54 Å². The molecule has 4 nitrogen and oxygen atoms in total. The van der Waals surface area contributed by atoms with Crippen molar-refractivity contribution in [3.8, 4) is 0 Å². The maximum Gasteiger partial charge on any atom is 0.326 e. The van der Waals surface area contributed by atoms with Crippen LogP contribution in [0.4, 0.5) is 0 Å². The second-order valence-corrected chi connectivity index (χ2v) is 5.52. The Labute approximate surface area is 108 Å².